The molecule has 0 bridgehead atoms. The average Bonchev–Trinajstić information content (AvgIpc) is 2.60. The van der Waals surface area contributed by atoms with Crippen molar-refractivity contribution in [2.24, 2.45) is 5.14 Å². The number of nitrogens with two attached hydrogens (primary N) is 1. The summed E-state index contributed by atoms with van der Waals surface area (Å²) in [7, 11) is -4.94. The third kappa shape index (κ3) is 4.78. The van der Waals surface area contributed by atoms with Crippen LogP contribution in [0.5, 0.6) is 0 Å². The quantitative estimate of drug-likeness (QED) is 0.642. The molecule has 2 aromatic carbocycles. The number of amides is 1. The first-order valence-corrected chi connectivity index (χ1v) is 11.8. The van der Waals surface area contributed by atoms with E-state index in [2.05, 4.69) is 21.2 Å². The molecule has 0 aliphatic rings. The van der Waals surface area contributed by atoms with Crippen LogP contribution in [0, 0.1) is 0 Å². The SMILES string of the molecule is CCc1ccc(NC(=O)c2ccc(Br)c(S(=O)(=O)N(C)C)c2)cc1S(N)(=O)=O. The Labute approximate surface area is 173 Å². The number of hydrogen-bond donors (Lipinski definition) is 2. The fraction of sp³-hybridized carbons (Fsp3) is 0.235. The summed E-state index contributed by atoms with van der Waals surface area (Å²) in [6.07, 6.45) is 0.457. The Morgan fingerprint density at radius 2 is 1.71 bits per heavy atom. The highest BCUT2D eigenvalue weighted by atomic mass is 79.9. The van der Waals surface area contributed by atoms with Gasteiger partial charge in [-0.3, -0.25) is 4.79 Å². The third-order valence-electron chi connectivity index (χ3n) is 3.96. The first kappa shape index (κ1) is 22.5. The van der Waals surface area contributed by atoms with Gasteiger partial charge in [-0.1, -0.05) is 13.0 Å². The molecule has 0 aromatic heterocycles. The molecule has 0 unspecified atom stereocenters. The van der Waals surface area contributed by atoms with Crippen LogP contribution in [-0.4, -0.2) is 41.1 Å². The number of benzene rings is 2. The van der Waals surface area contributed by atoms with Crippen molar-refractivity contribution in [2.75, 3.05) is 19.4 Å². The number of rotatable bonds is 6. The van der Waals surface area contributed by atoms with E-state index in [1.807, 2.05) is 0 Å². The van der Waals surface area contributed by atoms with Gasteiger partial charge < -0.3 is 5.32 Å². The van der Waals surface area contributed by atoms with Crippen molar-refractivity contribution >= 4 is 47.6 Å². The average molecular weight is 490 g/mol. The molecule has 0 aliphatic heterocycles. The predicted octanol–water partition coefficient (Wildman–Crippen LogP) is 2.16. The number of halogens is 1. The molecule has 0 spiro atoms. The van der Waals surface area contributed by atoms with Crippen LogP contribution in [0.3, 0.4) is 0 Å². The summed E-state index contributed by atoms with van der Waals surface area (Å²) < 4.78 is 49.7. The van der Waals surface area contributed by atoms with Crippen LogP contribution in [-0.2, 0) is 26.5 Å². The topological polar surface area (TPSA) is 127 Å². The Hall–Kier alpha value is -1.79. The molecule has 3 N–H and O–H groups in total. The zero-order valence-corrected chi connectivity index (χ0v) is 18.7. The molecular weight excluding hydrogens is 470 g/mol. The molecule has 11 heteroatoms. The smallest absolute Gasteiger partial charge is 0.255 e. The highest BCUT2D eigenvalue weighted by Gasteiger charge is 2.22. The van der Waals surface area contributed by atoms with E-state index in [0.717, 1.165) is 4.31 Å². The minimum absolute atomic E-state index is 0.0586. The van der Waals surface area contributed by atoms with Crippen LogP contribution in [0.25, 0.3) is 0 Å². The highest BCUT2D eigenvalue weighted by Crippen LogP contribution is 2.26. The standard InChI is InChI=1S/C17H20BrN3O5S2/c1-4-11-5-7-13(10-15(11)27(19,23)24)20-17(22)12-6-8-14(18)16(9-12)28(25,26)21(2)3/h5-10H,4H2,1-3H3,(H,20,22)(H2,19,23,24). The van der Waals surface area contributed by atoms with Crippen molar-refractivity contribution < 1.29 is 21.6 Å². The number of nitrogens with zero attached hydrogens (tertiary/aromatic N) is 1. The van der Waals surface area contributed by atoms with Crippen LogP contribution < -0.4 is 10.5 Å². The first-order chi connectivity index (χ1) is 12.9. The summed E-state index contributed by atoms with van der Waals surface area (Å²) in [6.45, 7) is 1.79. The van der Waals surface area contributed by atoms with Crippen LogP contribution in [0.2, 0.25) is 0 Å². The summed E-state index contributed by atoms with van der Waals surface area (Å²) in [5.74, 6) is -0.590. The molecule has 0 saturated carbocycles. The fourth-order valence-electron chi connectivity index (χ4n) is 2.43. The summed E-state index contributed by atoms with van der Waals surface area (Å²) in [6, 6.07) is 8.56. The van der Waals surface area contributed by atoms with E-state index < -0.39 is 26.0 Å². The second kappa shape index (κ2) is 8.29. The molecular formula is C17H20BrN3O5S2. The van der Waals surface area contributed by atoms with Crippen molar-refractivity contribution in [1.29, 1.82) is 0 Å². The Balaban J connectivity index is 2.42. The van der Waals surface area contributed by atoms with Gasteiger partial charge in [0.25, 0.3) is 5.91 Å². The van der Waals surface area contributed by atoms with Gasteiger partial charge >= 0.3 is 0 Å². The van der Waals surface area contributed by atoms with Crippen molar-refractivity contribution in [3.63, 3.8) is 0 Å². The van der Waals surface area contributed by atoms with Gasteiger partial charge in [-0.2, -0.15) is 0 Å². The monoisotopic (exact) mass is 489 g/mol. The Kier molecular flexibility index (Phi) is 6.66. The molecule has 28 heavy (non-hydrogen) atoms. The van der Waals surface area contributed by atoms with Gasteiger partial charge in [0.1, 0.15) is 0 Å². The normalized spacial score (nSPS) is 12.2. The highest BCUT2D eigenvalue weighted by molar-refractivity contribution is 9.10. The van der Waals surface area contributed by atoms with Gasteiger partial charge in [0, 0.05) is 29.8 Å². The van der Waals surface area contributed by atoms with E-state index in [1.165, 1.54) is 38.4 Å². The molecule has 0 atom stereocenters. The predicted molar refractivity (Wildman–Crippen MR) is 110 cm³/mol. The Bertz CT molecular complexity index is 1130. The number of anilines is 1. The molecule has 152 valence electrons. The van der Waals surface area contributed by atoms with E-state index in [1.54, 1.807) is 19.1 Å². The third-order valence-corrected chi connectivity index (χ3v) is 7.77. The van der Waals surface area contributed by atoms with Gasteiger partial charge in [0.2, 0.25) is 20.0 Å². The number of nitrogens with one attached hydrogen (secondary N) is 1. The molecule has 0 heterocycles. The number of carbonyl (C=O) groups is 1. The lowest BCUT2D eigenvalue weighted by molar-refractivity contribution is 0.102. The van der Waals surface area contributed by atoms with Gasteiger partial charge in [0.15, 0.2) is 0 Å². The lowest BCUT2D eigenvalue weighted by atomic mass is 10.1. The van der Waals surface area contributed by atoms with Crippen LogP contribution in [0.4, 0.5) is 5.69 Å². The van der Waals surface area contributed by atoms with E-state index in [4.69, 9.17) is 5.14 Å². The number of aryl methyl sites for hydroxylation is 1. The van der Waals surface area contributed by atoms with Crippen molar-refractivity contribution in [1.82, 2.24) is 4.31 Å². The first-order valence-electron chi connectivity index (χ1n) is 8.07. The minimum Gasteiger partial charge on any atom is -0.322 e. The van der Waals surface area contributed by atoms with Gasteiger partial charge in [-0.05, 0) is 58.2 Å². The minimum atomic E-state index is -3.95. The second-order valence-corrected chi connectivity index (χ2v) is 10.6. The Morgan fingerprint density at radius 1 is 1.07 bits per heavy atom. The van der Waals surface area contributed by atoms with E-state index in [-0.39, 0.29) is 21.0 Å². The largest absolute Gasteiger partial charge is 0.322 e. The molecule has 0 radical (unpaired) electrons. The number of primary sulfonamides is 1. The fourth-order valence-corrected chi connectivity index (χ4v) is 5.14. The van der Waals surface area contributed by atoms with Crippen LogP contribution in [0.15, 0.2) is 50.7 Å². The molecule has 0 aliphatic carbocycles. The summed E-state index contributed by atoms with van der Waals surface area (Å²) in [4.78, 5) is 12.4. The van der Waals surface area contributed by atoms with E-state index in [9.17, 15) is 21.6 Å². The van der Waals surface area contributed by atoms with Gasteiger partial charge in [-0.25, -0.2) is 26.3 Å². The lowest BCUT2D eigenvalue weighted by Crippen LogP contribution is -2.23. The van der Waals surface area contributed by atoms with E-state index in [0.29, 0.717) is 16.5 Å². The van der Waals surface area contributed by atoms with Crippen LogP contribution >= 0.6 is 15.9 Å². The molecule has 1 amide bonds. The lowest BCUT2D eigenvalue weighted by Gasteiger charge is -2.14. The summed E-state index contributed by atoms with van der Waals surface area (Å²) in [5, 5.41) is 7.81. The maximum absolute atomic E-state index is 12.6. The number of carbonyl (C=O) groups excluding carboxylic acids is 1. The second-order valence-electron chi connectivity index (χ2n) is 6.11. The number of sulfonamides is 2. The summed E-state index contributed by atoms with van der Waals surface area (Å²) >= 11 is 3.18. The molecule has 0 saturated heterocycles. The van der Waals surface area contributed by atoms with Gasteiger partial charge in [-0.15, -0.1) is 0 Å². The number of hydrogen-bond acceptors (Lipinski definition) is 5. The molecule has 2 aromatic rings. The Morgan fingerprint density at radius 3 is 2.25 bits per heavy atom. The molecule has 8 nitrogen and oxygen atoms in total. The maximum Gasteiger partial charge on any atom is 0.255 e. The zero-order chi connectivity index (χ0) is 21.3. The molecule has 0 fully saturated rings. The van der Waals surface area contributed by atoms with Crippen molar-refractivity contribution in [3.05, 3.63) is 52.0 Å². The van der Waals surface area contributed by atoms with Gasteiger partial charge in [0.05, 0.1) is 9.79 Å². The molecule has 2 rings (SSSR count). The zero-order valence-electron chi connectivity index (χ0n) is 15.4. The van der Waals surface area contributed by atoms with E-state index >= 15 is 0 Å². The van der Waals surface area contributed by atoms with Crippen molar-refractivity contribution in [2.45, 2.75) is 23.1 Å². The maximum atomic E-state index is 12.6. The van der Waals surface area contributed by atoms with Crippen LogP contribution in [0.1, 0.15) is 22.8 Å². The van der Waals surface area contributed by atoms with Crippen molar-refractivity contribution in [3.8, 4) is 0 Å². The summed E-state index contributed by atoms with van der Waals surface area (Å²) in [5.41, 5.74) is 0.856.